The van der Waals surface area contributed by atoms with Gasteiger partial charge in [0, 0.05) is 13.1 Å². The zero-order valence-corrected chi connectivity index (χ0v) is 12.3. The summed E-state index contributed by atoms with van der Waals surface area (Å²) in [6.07, 6.45) is 2.11. The zero-order chi connectivity index (χ0) is 14.8. The average molecular weight is 291 g/mol. The lowest BCUT2D eigenvalue weighted by Crippen LogP contribution is -2.38. The highest BCUT2D eigenvalue weighted by Crippen LogP contribution is 2.26. The molecule has 2 aliphatic heterocycles. The van der Waals surface area contributed by atoms with Crippen LogP contribution in [0.1, 0.15) is 34.5 Å². The maximum absolute atomic E-state index is 11.6. The van der Waals surface area contributed by atoms with E-state index in [9.17, 15) is 4.79 Å². The second-order valence-electron chi connectivity index (χ2n) is 5.59. The molecule has 6 nitrogen and oxygen atoms in total. The van der Waals surface area contributed by atoms with Crippen LogP contribution in [0.4, 0.5) is 5.82 Å². The van der Waals surface area contributed by atoms with Crippen molar-refractivity contribution in [3.8, 4) is 0 Å². The minimum absolute atomic E-state index is 0.0248. The molecule has 1 aromatic heterocycles. The van der Waals surface area contributed by atoms with Crippen LogP contribution in [0.15, 0.2) is 6.07 Å². The lowest BCUT2D eigenvalue weighted by Gasteiger charge is -2.33. The fourth-order valence-electron chi connectivity index (χ4n) is 3.00. The Kier molecular flexibility index (Phi) is 4.07. The molecule has 0 unspecified atom stereocenters. The van der Waals surface area contributed by atoms with E-state index in [-0.39, 0.29) is 18.6 Å². The first-order valence-electron chi connectivity index (χ1n) is 7.45. The van der Waals surface area contributed by atoms with Crippen LogP contribution in [0, 0.1) is 6.92 Å². The van der Waals surface area contributed by atoms with E-state index in [4.69, 9.17) is 9.84 Å². The second kappa shape index (κ2) is 5.99. The Morgan fingerprint density at radius 3 is 2.95 bits per heavy atom. The number of fused-ring (bicyclic) bond motifs is 1. The van der Waals surface area contributed by atoms with Gasteiger partial charge in [-0.15, -0.1) is 0 Å². The fourth-order valence-corrected chi connectivity index (χ4v) is 3.00. The number of nitrogens with zero attached hydrogens (tertiary/aromatic N) is 2. The number of rotatable bonds is 4. The molecule has 1 aromatic rings. The van der Waals surface area contributed by atoms with Gasteiger partial charge < -0.3 is 20.1 Å². The highest BCUT2D eigenvalue weighted by molar-refractivity contribution is 5.98. The van der Waals surface area contributed by atoms with Gasteiger partial charge in [0.2, 0.25) is 0 Å². The molecule has 0 atom stereocenters. The van der Waals surface area contributed by atoms with Crippen molar-refractivity contribution in [2.75, 3.05) is 31.2 Å². The quantitative estimate of drug-likeness (QED) is 0.850. The van der Waals surface area contributed by atoms with Crippen LogP contribution in [0.3, 0.4) is 0 Å². The van der Waals surface area contributed by atoms with E-state index in [0.29, 0.717) is 18.7 Å². The summed E-state index contributed by atoms with van der Waals surface area (Å²) in [5.74, 6) is 0.953. The van der Waals surface area contributed by atoms with Gasteiger partial charge >= 0.3 is 0 Å². The van der Waals surface area contributed by atoms with Gasteiger partial charge in [-0.1, -0.05) is 0 Å². The smallest absolute Gasteiger partial charge is 0.253 e. The summed E-state index contributed by atoms with van der Waals surface area (Å²) in [5.41, 5.74) is 2.59. The molecule has 3 heterocycles. The topological polar surface area (TPSA) is 74.7 Å². The number of nitrogens with one attached hydrogen (secondary N) is 1. The van der Waals surface area contributed by atoms with E-state index >= 15 is 0 Å². The highest BCUT2D eigenvalue weighted by atomic mass is 16.5. The van der Waals surface area contributed by atoms with Crippen molar-refractivity contribution in [1.29, 1.82) is 0 Å². The van der Waals surface area contributed by atoms with E-state index in [0.717, 1.165) is 43.0 Å². The van der Waals surface area contributed by atoms with E-state index in [1.54, 1.807) is 0 Å². The second-order valence-corrected chi connectivity index (χ2v) is 5.59. The summed E-state index contributed by atoms with van der Waals surface area (Å²) in [7, 11) is 0. The van der Waals surface area contributed by atoms with Crippen molar-refractivity contribution in [3.63, 3.8) is 0 Å². The van der Waals surface area contributed by atoms with Crippen LogP contribution >= 0.6 is 0 Å². The molecule has 0 spiro atoms. The van der Waals surface area contributed by atoms with Gasteiger partial charge in [-0.25, -0.2) is 4.98 Å². The minimum Gasteiger partial charge on any atom is -0.394 e. The number of pyridine rings is 1. The van der Waals surface area contributed by atoms with Crippen LogP contribution in [0.2, 0.25) is 0 Å². The SMILES string of the molecule is Cc1cc2c(nc1N1CCC(OCCO)CC1)CNC2=O. The molecule has 1 amide bonds. The predicted molar refractivity (Wildman–Crippen MR) is 78.4 cm³/mol. The van der Waals surface area contributed by atoms with Crippen molar-refractivity contribution >= 4 is 11.7 Å². The number of aliphatic hydroxyl groups is 1. The number of carbonyl (C=O) groups is 1. The first kappa shape index (κ1) is 14.3. The number of anilines is 1. The van der Waals surface area contributed by atoms with E-state index in [2.05, 4.69) is 15.2 Å². The van der Waals surface area contributed by atoms with Gasteiger partial charge in [0.1, 0.15) is 5.82 Å². The molecule has 0 bridgehead atoms. The number of aliphatic hydroxyl groups excluding tert-OH is 1. The van der Waals surface area contributed by atoms with Gasteiger partial charge in [0.15, 0.2) is 0 Å². The first-order valence-corrected chi connectivity index (χ1v) is 7.45. The summed E-state index contributed by atoms with van der Waals surface area (Å²) >= 11 is 0. The van der Waals surface area contributed by atoms with Crippen molar-refractivity contribution in [2.45, 2.75) is 32.4 Å². The molecular formula is C15H21N3O3. The van der Waals surface area contributed by atoms with E-state index in [1.165, 1.54) is 0 Å². The van der Waals surface area contributed by atoms with Crippen LogP contribution < -0.4 is 10.2 Å². The van der Waals surface area contributed by atoms with Crippen molar-refractivity contribution in [2.24, 2.45) is 0 Å². The number of carbonyl (C=O) groups excluding carboxylic acids is 1. The molecular weight excluding hydrogens is 270 g/mol. The molecule has 2 N–H and O–H groups in total. The van der Waals surface area contributed by atoms with Gasteiger partial charge in [-0.2, -0.15) is 0 Å². The summed E-state index contributed by atoms with van der Waals surface area (Å²) in [4.78, 5) is 18.6. The van der Waals surface area contributed by atoms with E-state index in [1.807, 2.05) is 13.0 Å². The summed E-state index contributed by atoms with van der Waals surface area (Å²) in [6.45, 7) is 4.80. The highest BCUT2D eigenvalue weighted by Gasteiger charge is 2.26. The van der Waals surface area contributed by atoms with E-state index < -0.39 is 0 Å². The summed E-state index contributed by atoms with van der Waals surface area (Å²) in [6, 6.07) is 1.94. The van der Waals surface area contributed by atoms with Crippen LogP contribution in [0.5, 0.6) is 0 Å². The fraction of sp³-hybridized carbons (Fsp3) is 0.600. The Balaban J connectivity index is 1.70. The van der Waals surface area contributed by atoms with Crippen LogP contribution in [-0.2, 0) is 11.3 Å². The first-order chi connectivity index (χ1) is 10.2. The standard InChI is InChI=1S/C15H21N3O3/c1-10-8-12-13(9-16-15(12)20)17-14(10)18-4-2-11(3-5-18)21-7-6-19/h8,11,19H,2-7,9H2,1H3,(H,16,20). The van der Waals surface area contributed by atoms with Gasteiger partial charge in [0.25, 0.3) is 5.91 Å². The lowest BCUT2D eigenvalue weighted by atomic mass is 10.1. The number of hydrogen-bond donors (Lipinski definition) is 2. The van der Waals surface area contributed by atoms with Gasteiger partial charge in [0.05, 0.1) is 37.1 Å². The largest absolute Gasteiger partial charge is 0.394 e. The number of amides is 1. The number of aryl methyl sites for hydroxylation is 1. The lowest BCUT2D eigenvalue weighted by molar-refractivity contribution is 0.0158. The van der Waals surface area contributed by atoms with Crippen molar-refractivity contribution < 1.29 is 14.6 Å². The molecule has 3 rings (SSSR count). The Hall–Kier alpha value is -1.66. The third kappa shape index (κ3) is 2.87. The number of ether oxygens (including phenoxy) is 1. The summed E-state index contributed by atoms with van der Waals surface area (Å²) in [5, 5.41) is 11.6. The van der Waals surface area contributed by atoms with Crippen LogP contribution in [-0.4, -0.2) is 48.4 Å². The molecule has 21 heavy (non-hydrogen) atoms. The molecule has 1 saturated heterocycles. The molecule has 0 radical (unpaired) electrons. The number of hydrogen-bond acceptors (Lipinski definition) is 5. The third-order valence-corrected chi connectivity index (χ3v) is 4.11. The Labute approximate surface area is 124 Å². The summed E-state index contributed by atoms with van der Waals surface area (Å²) < 4.78 is 5.58. The minimum atomic E-state index is -0.0248. The Bertz CT molecular complexity index is 539. The molecule has 0 aromatic carbocycles. The maximum Gasteiger partial charge on any atom is 0.253 e. The van der Waals surface area contributed by atoms with Crippen molar-refractivity contribution in [3.05, 3.63) is 22.9 Å². The zero-order valence-electron chi connectivity index (χ0n) is 12.3. The average Bonchev–Trinajstić information content (AvgIpc) is 2.86. The maximum atomic E-state index is 11.6. The van der Waals surface area contributed by atoms with Crippen LogP contribution in [0.25, 0.3) is 0 Å². The Morgan fingerprint density at radius 2 is 2.24 bits per heavy atom. The normalized spacial score (nSPS) is 18.8. The molecule has 1 fully saturated rings. The predicted octanol–water partition coefficient (Wildman–Crippen LogP) is 0.611. The van der Waals surface area contributed by atoms with Crippen molar-refractivity contribution in [1.82, 2.24) is 10.3 Å². The Morgan fingerprint density at radius 1 is 1.48 bits per heavy atom. The molecule has 0 aliphatic carbocycles. The number of aromatic nitrogens is 1. The van der Waals surface area contributed by atoms with Gasteiger partial charge in [-0.3, -0.25) is 4.79 Å². The molecule has 6 heteroatoms. The molecule has 0 saturated carbocycles. The van der Waals surface area contributed by atoms with Gasteiger partial charge in [-0.05, 0) is 31.4 Å². The third-order valence-electron chi connectivity index (χ3n) is 4.11. The number of piperidine rings is 1. The monoisotopic (exact) mass is 291 g/mol. The molecule has 2 aliphatic rings. The molecule has 114 valence electrons.